The normalized spacial score (nSPS) is 23.5. The topological polar surface area (TPSA) is 56.1 Å². The molecule has 6 heteroatoms. The molecule has 1 fully saturated rings. The van der Waals surface area contributed by atoms with Crippen molar-refractivity contribution >= 4 is 21.7 Å². The number of likely N-dealkylation sites (N-methyl/N-ethyl adjacent to an activating group) is 1. The summed E-state index contributed by atoms with van der Waals surface area (Å²) in [7, 11) is 0. The minimum Gasteiger partial charge on any atom is -0.379 e. The van der Waals surface area contributed by atoms with E-state index in [2.05, 4.69) is 26.3 Å². The average molecular weight is 316 g/mol. The lowest BCUT2D eigenvalue weighted by atomic mass is 9.96. The van der Waals surface area contributed by atoms with Crippen molar-refractivity contribution in [3.63, 3.8) is 0 Å². The number of carbonyl (C=O) groups is 1. The Morgan fingerprint density at radius 3 is 3.06 bits per heavy atom. The van der Waals surface area contributed by atoms with Crippen LogP contribution in [0, 0.1) is 5.92 Å². The SMILES string of the molecule is CCNC1COCC1C(=O)c1c(Br)cnn1CC. The number of hydrogen-bond donors (Lipinski definition) is 1. The van der Waals surface area contributed by atoms with Gasteiger partial charge in [0.1, 0.15) is 5.69 Å². The Morgan fingerprint density at radius 2 is 2.39 bits per heavy atom. The highest BCUT2D eigenvalue weighted by Crippen LogP contribution is 2.24. The molecule has 2 atom stereocenters. The zero-order valence-corrected chi connectivity index (χ0v) is 12.2. The van der Waals surface area contributed by atoms with Crippen LogP contribution in [0.5, 0.6) is 0 Å². The van der Waals surface area contributed by atoms with Crippen LogP contribution >= 0.6 is 15.9 Å². The van der Waals surface area contributed by atoms with Gasteiger partial charge in [0.15, 0.2) is 5.78 Å². The quantitative estimate of drug-likeness (QED) is 0.836. The fourth-order valence-electron chi connectivity index (χ4n) is 2.30. The zero-order chi connectivity index (χ0) is 13.1. The molecular weight excluding hydrogens is 298 g/mol. The number of halogens is 1. The van der Waals surface area contributed by atoms with E-state index in [1.54, 1.807) is 10.9 Å². The lowest BCUT2D eigenvalue weighted by molar-refractivity contribution is 0.0880. The third-order valence-electron chi connectivity index (χ3n) is 3.21. The highest BCUT2D eigenvalue weighted by atomic mass is 79.9. The lowest BCUT2D eigenvalue weighted by Crippen LogP contribution is -2.39. The van der Waals surface area contributed by atoms with Crippen molar-refractivity contribution in [3.8, 4) is 0 Å². The summed E-state index contributed by atoms with van der Waals surface area (Å²) in [6.45, 7) is 6.62. The standard InChI is InChI=1S/C12H18BrN3O2/c1-3-14-10-7-18-6-8(10)12(17)11-9(13)5-15-16(11)4-2/h5,8,10,14H,3-4,6-7H2,1-2H3. The maximum Gasteiger partial charge on any atom is 0.189 e. The van der Waals surface area contributed by atoms with Crippen molar-refractivity contribution in [2.24, 2.45) is 5.92 Å². The van der Waals surface area contributed by atoms with Gasteiger partial charge in [0, 0.05) is 12.6 Å². The molecule has 1 aliphatic heterocycles. The minimum atomic E-state index is -0.122. The Kier molecular flexibility index (Phi) is 4.53. The van der Waals surface area contributed by atoms with Crippen LogP contribution in [-0.4, -0.2) is 41.4 Å². The van der Waals surface area contributed by atoms with E-state index in [1.807, 2.05) is 13.8 Å². The Balaban J connectivity index is 2.22. The van der Waals surface area contributed by atoms with Gasteiger partial charge in [-0.3, -0.25) is 9.48 Å². The van der Waals surface area contributed by atoms with Crippen LogP contribution in [0.4, 0.5) is 0 Å². The molecule has 0 amide bonds. The Morgan fingerprint density at radius 1 is 1.61 bits per heavy atom. The van der Waals surface area contributed by atoms with E-state index in [1.165, 1.54) is 0 Å². The highest BCUT2D eigenvalue weighted by molar-refractivity contribution is 9.10. The van der Waals surface area contributed by atoms with Crippen molar-refractivity contribution in [2.45, 2.75) is 26.4 Å². The number of nitrogens with zero attached hydrogens (tertiary/aromatic N) is 2. The molecule has 2 heterocycles. The van der Waals surface area contributed by atoms with E-state index in [4.69, 9.17) is 4.74 Å². The molecule has 1 aliphatic rings. The number of carbonyl (C=O) groups excluding carboxylic acids is 1. The Bertz CT molecular complexity index is 433. The van der Waals surface area contributed by atoms with Crippen molar-refractivity contribution < 1.29 is 9.53 Å². The number of hydrogen-bond acceptors (Lipinski definition) is 4. The average Bonchev–Trinajstić information content (AvgIpc) is 2.95. The van der Waals surface area contributed by atoms with Crippen LogP contribution in [0.25, 0.3) is 0 Å². The minimum absolute atomic E-state index is 0.102. The molecule has 1 aromatic heterocycles. The first-order chi connectivity index (χ1) is 8.69. The first-order valence-corrected chi connectivity index (χ1v) is 7.05. The van der Waals surface area contributed by atoms with Crippen LogP contribution in [-0.2, 0) is 11.3 Å². The van der Waals surface area contributed by atoms with Gasteiger partial charge >= 0.3 is 0 Å². The molecule has 0 bridgehead atoms. The molecule has 0 saturated carbocycles. The summed E-state index contributed by atoms with van der Waals surface area (Å²) in [6.07, 6.45) is 1.68. The van der Waals surface area contributed by atoms with Crippen LogP contribution in [0.3, 0.4) is 0 Å². The van der Waals surface area contributed by atoms with Gasteiger partial charge in [-0.2, -0.15) is 5.10 Å². The number of ether oxygens (including phenoxy) is 1. The van der Waals surface area contributed by atoms with E-state index >= 15 is 0 Å². The molecule has 18 heavy (non-hydrogen) atoms. The maximum absolute atomic E-state index is 12.6. The molecule has 1 N–H and O–H groups in total. The second-order valence-corrected chi connectivity index (χ2v) is 5.18. The van der Waals surface area contributed by atoms with Crippen LogP contribution in [0.1, 0.15) is 24.3 Å². The molecule has 0 aromatic carbocycles. The number of aryl methyl sites for hydroxylation is 1. The highest BCUT2D eigenvalue weighted by Gasteiger charge is 2.36. The summed E-state index contributed by atoms with van der Waals surface area (Å²) in [5.41, 5.74) is 0.649. The van der Waals surface area contributed by atoms with E-state index in [0.29, 0.717) is 25.5 Å². The number of aromatic nitrogens is 2. The summed E-state index contributed by atoms with van der Waals surface area (Å²) in [6, 6.07) is 0.106. The molecule has 5 nitrogen and oxygen atoms in total. The fraction of sp³-hybridized carbons (Fsp3) is 0.667. The molecule has 2 rings (SSSR count). The van der Waals surface area contributed by atoms with Crippen LogP contribution < -0.4 is 5.32 Å². The smallest absolute Gasteiger partial charge is 0.189 e. The van der Waals surface area contributed by atoms with Gasteiger partial charge in [-0.15, -0.1) is 0 Å². The first kappa shape index (κ1) is 13.7. The largest absolute Gasteiger partial charge is 0.379 e. The summed E-state index contributed by atoms with van der Waals surface area (Å²) < 4.78 is 7.92. The number of rotatable bonds is 5. The van der Waals surface area contributed by atoms with Gasteiger partial charge in [-0.05, 0) is 29.4 Å². The van der Waals surface area contributed by atoms with Gasteiger partial charge in [0.05, 0.1) is 29.8 Å². The second-order valence-electron chi connectivity index (χ2n) is 4.33. The van der Waals surface area contributed by atoms with Crippen molar-refractivity contribution in [1.29, 1.82) is 0 Å². The third-order valence-corrected chi connectivity index (χ3v) is 3.79. The number of nitrogens with one attached hydrogen (secondary N) is 1. The summed E-state index contributed by atoms with van der Waals surface area (Å²) in [4.78, 5) is 12.6. The summed E-state index contributed by atoms with van der Waals surface area (Å²) in [5, 5.41) is 7.49. The molecule has 0 aliphatic carbocycles. The zero-order valence-electron chi connectivity index (χ0n) is 10.6. The van der Waals surface area contributed by atoms with Crippen LogP contribution in [0.2, 0.25) is 0 Å². The number of ketones is 1. The first-order valence-electron chi connectivity index (χ1n) is 6.25. The molecule has 0 radical (unpaired) electrons. The number of Topliss-reactive ketones (excluding diaryl/α,β-unsaturated/α-hetero) is 1. The van der Waals surface area contributed by atoms with E-state index in [9.17, 15) is 4.79 Å². The monoisotopic (exact) mass is 315 g/mol. The van der Waals surface area contributed by atoms with E-state index in [-0.39, 0.29) is 17.7 Å². The maximum atomic E-state index is 12.6. The molecule has 2 unspecified atom stereocenters. The van der Waals surface area contributed by atoms with E-state index < -0.39 is 0 Å². The second kappa shape index (κ2) is 5.95. The van der Waals surface area contributed by atoms with E-state index in [0.717, 1.165) is 11.0 Å². The van der Waals surface area contributed by atoms with Crippen LogP contribution in [0.15, 0.2) is 10.7 Å². The van der Waals surface area contributed by atoms with Crippen molar-refractivity contribution in [3.05, 3.63) is 16.4 Å². The predicted molar refractivity (Wildman–Crippen MR) is 71.7 cm³/mol. The Hall–Kier alpha value is -0.720. The van der Waals surface area contributed by atoms with Gasteiger partial charge in [0.2, 0.25) is 0 Å². The van der Waals surface area contributed by atoms with Gasteiger partial charge < -0.3 is 10.1 Å². The van der Waals surface area contributed by atoms with Crippen molar-refractivity contribution in [1.82, 2.24) is 15.1 Å². The molecule has 1 aromatic rings. The molecular formula is C12H18BrN3O2. The van der Waals surface area contributed by atoms with Gasteiger partial charge in [-0.25, -0.2) is 0 Å². The van der Waals surface area contributed by atoms with Gasteiger partial charge in [0.25, 0.3) is 0 Å². The molecule has 100 valence electrons. The Labute approximate surface area is 115 Å². The summed E-state index contributed by atoms with van der Waals surface area (Å²) in [5.74, 6) is -0.0204. The lowest BCUT2D eigenvalue weighted by Gasteiger charge is -2.17. The predicted octanol–water partition coefficient (Wildman–Crippen LogP) is 1.47. The van der Waals surface area contributed by atoms with Gasteiger partial charge in [-0.1, -0.05) is 6.92 Å². The summed E-state index contributed by atoms with van der Waals surface area (Å²) >= 11 is 3.40. The fourth-order valence-corrected chi connectivity index (χ4v) is 2.79. The third kappa shape index (κ3) is 2.50. The molecule has 1 saturated heterocycles. The van der Waals surface area contributed by atoms with Crippen molar-refractivity contribution in [2.75, 3.05) is 19.8 Å². The molecule has 0 spiro atoms.